The highest BCUT2D eigenvalue weighted by atomic mass is 32.2. The van der Waals surface area contributed by atoms with Gasteiger partial charge in [-0.3, -0.25) is 4.79 Å². The Morgan fingerprint density at radius 3 is 2.47 bits per heavy atom. The van der Waals surface area contributed by atoms with E-state index in [2.05, 4.69) is 4.98 Å². The number of benzene rings is 1. The SMILES string of the molecule is O=C(c1cccc(C2=CCN(S(=O)(=O)c3cccc(C(F)(F)F)c3)CC2)n1)C1CC1. The number of carbonyl (C=O) groups is 1. The second-order valence-corrected chi connectivity index (χ2v) is 9.35. The van der Waals surface area contributed by atoms with E-state index in [1.54, 1.807) is 24.3 Å². The standard InChI is InChI=1S/C21H19F3N2O3S/c22-21(23,24)16-3-1-4-17(13-16)30(28,29)26-11-9-14(10-12-26)18-5-2-6-19(25-18)20(27)15-7-8-15/h1-6,9,13,15H,7-8,10-12H2. The number of ketones is 1. The molecule has 2 heterocycles. The third kappa shape index (κ3) is 4.17. The summed E-state index contributed by atoms with van der Waals surface area (Å²) in [5, 5.41) is 0. The summed E-state index contributed by atoms with van der Waals surface area (Å²) in [7, 11) is -4.06. The Bertz CT molecular complexity index is 1120. The van der Waals surface area contributed by atoms with Gasteiger partial charge in [0.25, 0.3) is 0 Å². The van der Waals surface area contributed by atoms with Gasteiger partial charge in [-0.15, -0.1) is 0 Å². The zero-order valence-electron chi connectivity index (χ0n) is 15.9. The summed E-state index contributed by atoms with van der Waals surface area (Å²) < 4.78 is 65.5. The number of rotatable bonds is 5. The van der Waals surface area contributed by atoms with Crippen LogP contribution in [0.25, 0.3) is 5.57 Å². The lowest BCUT2D eigenvalue weighted by molar-refractivity contribution is -0.137. The van der Waals surface area contributed by atoms with Crippen LogP contribution in [0.15, 0.2) is 53.4 Å². The van der Waals surface area contributed by atoms with Crippen LogP contribution < -0.4 is 0 Å². The fraction of sp³-hybridized carbons (Fsp3) is 0.333. The summed E-state index contributed by atoms with van der Waals surface area (Å²) in [5.41, 5.74) is 0.849. The number of aromatic nitrogens is 1. The van der Waals surface area contributed by atoms with Gasteiger partial charge in [0.1, 0.15) is 5.69 Å². The molecule has 0 bridgehead atoms. The number of sulfonamides is 1. The predicted octanol–water partition coefficient (Wildman–Crippen LogP) is 4.17. The number of hydrogen-bond donors (Lipinski definition) is 0. The lowest BCUT2D eigenvalue weighted by Crippen LogP contribution is -2.35. The van der Waals surface area contributed by atoms with Gasteiger partial charge in [-0.2, -0.15) is 17.5 Å². The molecule has 2 aromatic rings. The molecule has 2 aliphatic rings. The highest BCUT2D eigenvalue weighted by molar-refractivity contribution is 7.89. The Kier molecular flexibility index (Phi) is 5.27. The van der Waals surface area contributed by atoms with E-state index in [1.807, 2.05) is 0 Å². The van der Waals surface area contributed by atoms with Crippen molar-refractivity contribution in [2.45, 2.75) is 30.3 Å². The molecule has 1 fully saturated rings. The van der Waals surface area contributed by atoms with E-state index in [9.17, 15) is 26.4 Å². The third-order valence-electron chi connectivity index (χ3n) is 5.25. The van der Waals surface area contributed by atoms with Gasteiger partial charge in [-0.05, 0) is 55.2 Å². The van der Waals surface area contributed by atoms with Gasteiger partial charge < -0.3 is 0 Å². The summed E-state index contributed by atoms with van der Waals surface area (Å²) in [5.74, 6) is 0.0863. The number of Topliss-reactive ketones (excluding diaryl/α,β-unsaturated/α-hetero) is 1. The van der Waals surface area contributed by atoms with Crippen molar-refractivity contribution in [2.24, 2.45) is 5.92 Å². The van der Waals surface area contributed by atoms with Crippen LogP contribution in [0.4, 0.5) is 13.2 Å². The molecule has 0 unspecified atom stereocenters. The van der Waals surface area contributed by atoms with Crippen LogP contribution >= 0.6 is 0 Å². The molecular formula is C21H19F3N2O3S. The van der Waals surface area contributed by atoms with Gasteiger partial charge >= 0.3 is 6.18 Å². The van der Waals surface area contributed by atoms with Crippen LogP contribution in [0.3, 0.4) is 0 Å². The normalized spacial score (nSPS) is 18.2. The summed E-state index contributed by atoms with van der Waals surface area (Å²) in [6.45, 7) is 0.142. The molecule has 0 N–H and O–H groups in total. The van der Waals surface area contributed by atoms with Crippen LogP contribution in [-0.4, -0.2) is 36.6 Å². The Morgan fingerprint density at radius 1 is 1.10 bits per heavy atom. The van der Waals surface area contributed by atoms with E-state index in [4.69, 9.17) is 0 Å². The maximum atomic E-state index is 12.9. The van der Waals surface area contributed by atoms with E-state index >= 15 is 0 Å². The molecule has 0 amide bonds. The Morgan fingerprint density at radius 2 is 1.83 bits per heavy atom. The number of pyridine rings is 1. The third-order valence-corrected chi connectivity index (χ3v) is 7.11. The lowest BCUT2D eigenvalue weighted by Gasteiger charge is -2.26. The molecule has 0 atom stereocenters. The first-order chi connectivity index (χ1) is 14.2. The van der Waals surface area contributed by atoms with Crippen molar-refractivity contribution in [3.05, 3.63) is 65.5 Å². The summed E-state index contributed by atoms with van der Waals surface area (Å²) in [4.78, 5) is 16.3. The van der Waals surface area contributed by atoms with E-state index < -0.39 is 21.8 Å². The van der Waals surface area contributed by atoms with Gasteiger partial charge in [-0.1, -0.05) is 18.2 Å². The molecule has 1 aliphatic heterocycles. The molecule has 4 rings (SSSR count). The van der Waals surface area contributed by atoms with E-state index in [0.717, 1.165) is 34.9 Å². The highest BCUT2D eigenvalue weighted by Gasteiger charge is 2.34. The number of alkyl halides is 3. The van der Waals surface area contributed by atoms with Crippen LogP contribution in [0.2, 0.25) is 0 Å². The Labute approximate surface area is 172 Å². The monoisotopic (exact) mass is 436 g/mol. The van der Waals surface area contributed by atoms with Crippen molar-refractivity contribution in [2.75, 3.05) is 13.1 Å². The maximum Gasteiger partial charge on any atom is 0.416 e. The summed E-state index contributed by atoms with van der Waals surface area (Å²) in [6, 6.07) is 8.96. The second kappa shape index (κ2) is 7.63. The summed E-state index contributed by atoms with van der Waals surface area (Å²) in [6.07, 6.45) is -0.796. The summed E-state index contributed by atoms with van der Waals surface area (Å²) >= 11 is 0. The van der Waals surface area contributed by atoms with Crippen LogP contribution in [0, 0.1) is 5.92 Å². The van der Waals surface area contributed by atoms with E-state index in [0.29, 0.717) is 23.9 Å². The fourth-order valence-electron chi connectivity index (χ4n) is 3.39. The number of halogens is 3. The van der Waals surface area contributed by atoms with Crippen molar-refractivity contribution in [1.29, 1.82) is 0 Å². The van der Waals surface area contributed by atoms with Crippen LogP contribution in [0.5, 0.6) is 0 Å². The number of hydrogen-bond acceptors (Lipinski definition) is 4. The van der Waals surface area contributed by atoms with E-state index in [-0.39, 0.29) is 29.7 Å². The van der Waals surface area contributed by atoms with Gasteiger partial charge in [0, 0.05) is 19.0 Å². The van der Waals surface area contributed by atoms with Crippen molar-refractivity contribution >= 4 is 21.4 Å². The Balaban J connectivity index is 1.53. The van der Waals surface area contributed by atoms with Gasteiger partial charge in [0.05, 0.1) is 16.2 Å². The van der Waals surface area contributed by atoms with Gasteiger partial charge in [0.2, 0.25) is 10.0 Å². The van der Waals surface area contributed by atoms with Crippen molar-refractivity contribution < 1.29 is 26.4 Å². The maximum absolute atomic E-state index is 12.9. The molecule has 0 saturated heterocycles. The topological polar surface area (TPSA) is 67.3 Å². The molecule has 5 nitrogen and oxygen atoms in total. The van der Waals surface area contributed by atoms with Crippen LogP contribution in [-0.2, 0) is 16.2 Å². The highest BCUT2D eigenvalue weighted by Crippen LogP contribution is 2.33. The smallest absolute Gasteiger partial charge is 0.292 e. The molecule has 0 radical (unpaired) electrons. The zero-order valence-corrected chi connectivity index (χ0v) is 16.7. The first-order valence-corrected chi connectivity index (χ1v) is 11.0. The number of nitrogens with zero attached hydrogens (tertiary/aromatic N) is 2. The van der Waals surface area contributed by atoms with E-state index in [1.165, 1.54) is 6.07 Å². The minimum Gasteiger partial charge on any atom is -0.292 e. The second-order valence-electron chi connectivity index (χ2n) is 7.41. The first-order valence-electron chi connectivity index (χ1n) is 9.54. The minimum absolute atomic E-state index is 0.0242. The molecular weight excluding hydrogens is 417 g/mol. The van der Waals surface area contributed by atoms with Gasteiger partial charge in [-0.25, -0.2) is 13.4 Å². The van der Waals surface area contributed by atoms with Crippen molar-refractivity contribution in [1.82, 2.24) is 9.29 Å². The number of carbonyl (C=O) groups excluding carboxylic acids is 1. The van der Waals surface area contributed by atoms with Crippen molar-refractivity contribution in [3.63, 3.8) is 0 Å². The molecule has 1 aromatic carbocycles. The molecule has 0 spiro atoms. The largest absolute Gasteiger partial charge is 0.416 e. The molecule has 158 valence electrons. The minimum atomic E-state index is -4.62. The van der Waals surface area contributed by atoms with Gasteiger partial charge in [0.15, 0.2) is 5.78 Å². The first kappa shape index (κ1) is 20.7. The lowest BCUT2D eigenvalue weighted by atomic mass is 10.0. The molecule has 1 saturated carbocycles. The molecule has 30 heavy (non-hydrogen) atoms. The quantitative estimate of drug-likeness (QED) is 0.660. The predicted molar refractivity (Wildman–Crippen MR) is 104 cm³/mol. The fourth-order valence-corrected chi connectivity index (χ4v) is 4.82. The Hall–Kier alpha value is -2.52. The molecule has 1 aromatic heterocycles. The van der Waals surface area contributed by atoms with Crippen molar-refractivity contribution in [3.8, 4) is 0 Å². The molecule has 1 aliphatic carbocycles. The molecule has 9 heteroatoms. The average molecular weight is 436 g/mol. The average Bonchev–Trinajstić information content (AvgIpc) is 3.58. The zero-order chi connectivity index (χ0) is 21.5. The van der Waals surface area contributed by atoms with Crippen LogP contribution in [0.1, 0.15) is 41.0 Å².